The third-order valence-electron chi connectivity index (χ3n) is 3.36. The molecule has 0 aromatic carbocycles. The maximum Gasteiger partial charge on any atom is 0.138 e. The predicted octanol–water partition coefficient (Wildman–Crippen LogP) is 0.859. The molecule has 1 heterocycles. The maximum atomic E-state index is 4.08. The molecule has 2 aliphatic rings. The molecular weight excluding hydrogens is 176 g/mol. The average molecular weight is 190 g/mol. The molecule has 2 N–H and O–H groups in total. The van der Waals surface area contributed by atoms with Crippen LogP contribution in [-0.4, -0.2) is 21.2 Å². The van der Waals surface area contributed by atoms with Crippen LogP contribution in [0.25, 0.3) is 0 Å². The second-order valence-corrected chi connectivity index (χ2v) is 4.16. The van der Waals surface area contributed by atoms with Crippen LogP contribution in [0.15, 0.2) is 18.5 Å². The van der Waals surface area contributed by atoms with Crippen LogP contribution in [0, 0.1) is 11.8 Å². The van der Waals surface area contributed by atoms with Crippen LogP contribution < -0.4 is 5.32 Å². The molecule has 0 amide bonds. The highest BCUT2D eigenvalue weighted by molar-refractivity contribution is 5.12. The summed E-state index contributed by atoms with van der Waals surface area (Å²) in [6.07, 6.45) is 8.81. The van der Waals surface area contributed by atoms with Crippen molar-refractivity contribution in [3.8, 4) is 0 Å². The molecule has 1 aromatic rings. The van der Waals surface area contributed by atoms with Crippen LogP contribution in [0.5, 0.6) is 0 Å². The second-order valence-electron chi connectivity index (χ2n) is 4.16. The lowest BCUT2D eigenvalue weighted by Gasteiger charge is -2.40. The fraction of sp³-hybridized carbons (Fsp3) is 0.600. The molecule has 0 saturated heterocycles. The van der Waals surface area contributed by atoms with E-state index in [-0.39, 0.29) is 0 Å². The second kappa shape index (κ2) is 3.20. The van der Waals surface area contributed by atoms with E-state index in [1.165, 1.54) is 12.8 Å². The van der Waals surface area contributed by atoms with Crippen molar-refractivity contribution in [3.05, 3.63) is 24.3 Å². The average Bonchev–Trinajstić information content (AvgIpc) is 2.76. The number of fused-ring (bicyclic) bond motifs is 1. The van der Waals surface area contributed by atoms with Gasteiger partial charge in [-0.2, -0.15) is 5.10 Å². The molecule has 4 heteroatoms. The molecule has 0 bridgehead atoms. The summed E-state index contributed by atoms with van der Waals surface area (Å²) in [6.45, 7) is 0.807. The zero-order chi connectivity index (χ0) is 9.38. The summed E-state index contributed by atoms with van der Waals surface area (Å²) >= 11 is 0. The van der Waals surface area contributed by atoms with E-state index in [9.17, 15) is 0 Å². The van der Waals surface area contributed by atoms with Crippen LogP contribution in [0.4, 0.5) is 0 Å². The fourth-order valence-electron chi connectivity index (χ4n) is 2.49. The molecule has 2 aliphatic carbocycles. The van der Waals surface area contributed by atoms with Crippen molar-refractivity contribution in [3.63, 3.8) is 0 Å². The number of rotatable bonds is 3. The van der Waals surface area contributed by atoms with Crippen molar-refractivity contribution in [2.24, 2.45) is 11.8 Å². The van der Waals surface area contributed by atoms with E-state index in [1.807, 2.05) is 0 Å². The Morgan fingerprint density at radius 1 is 1.57 bits per heavy atom. The van der Waals surface area contributed by atoms with Crippen LogP contribution in [0.3, 0.4) is 0 Å². The molecule has 0 aliphatic heterocycles. The number of hydrogen-bond acceptors (Lipinski definition) is 3. The van der Waals surface area contributed by atoms with E-state index in [2.05, 4.69) is 32.7 Å². The van der Waals surface area contributed by atoms with E-state index in [0.717, 1.165) is 24.2 Å². The normalized spacial score (nSPS) is 34.1. The highest BCUT2D eigenvalue weighted by atomic mass is 15.2. The first-order chi connectivity index (χ1) is 6.93. The lowest BCUT2D eigenvalue weighted by Crippen LogP contribution is -2.47. The van der Waals surface area contributed by atoms with Gasteiger partial charge in [0, 0.05) is 6.04 Å². The molecule has 1 fully saturated rings. The monoisotopic (exact) mass is 190 g/mol. The van der Waals surface area contributed by atoms with Crippen molar-refractivity contribution < 1.29 is 0 Å². The van der Waals surface area contributed by atoms with Crippen molar-refractivity contribution in [2.75, 3.05) is 0 Å². The van der Waals surface area contributed by atoms with Crippen molar-refractivity contribution in [1.29, 1.82) is 0 Å². The highest BCUT2D eigenvalue weighted by Crippen LogP contribution is 2.42. The van der Waals surface area contributed by atoms with Gasteiger partial charge >= 0.3 is 0 Å². The Balaban J connectivity index is 1.52. The molecule has 3 unspecified atom stereocenters. The molecule has 4 nitrogen and oxygen atoms in total. The Morgan fingerprint density at radius 2 is 2.57 bits per heavy atom. The summed E-state index contributed by atoms with van der Waals surface area (Å²) < 4.78 is 0. The summed E-state index contributed by atoms with van der Waals surface area (Å²) in [5.74, 6) is 2.62. The number of H-pyrrole nitrogens is 1. The zero-order valence-electron chi connectivity index (χ0n) is 7.98. The largest absolute Gasteiger partial charge is 0.306 e. The maximum absolute atomic E-state index is 4.08. The van der Waals surface area contributed by atoms with Crippen LogP contribution in [0.1, 0.15) is 18.7 Å². The first kappa shape index (κ1) is 8.17. The molecule has 14 heavy (non-hydrogen) atoms. The van der Waals surface area contributed by atoms with Gasteiger partial charge in [-0.05, 0) is 24.7 Å². The molecule has 3 rings (SSSR count). The summed E-state index contributed by atoms with van der Waals surface area (Å²) in [5, 5.41) is 10.2. The number of nitrogens with one attached hydrogen (secondary N) is 2. The standard InChI is InChI=1S/C10H14N4/c1-2-7-4-9(8(7)3-1)11-5-10-12-6-13-14-10/h1,3,6-9,11H,2,4-5H2,(H,12,13,14). The number of hydrogen-bond donors (Lipinski definition) is 2. The van der Waals surface area contributed by atoms with Gasteiger partial charge in [0.1, 0.15) is 12.2 Å². The summed E-state index contributed by atoms with van der Waals surface area (Å²) in [7, 11) is 0. The Morgan fingerprint density at radius 3 is 3.36 bits per heavy atom. The molecule has 3 atom stereocenters. The van der Waals surface area contributed by atoms with Gasteiger partial charge in [0.25, 0.3) is 0 Å². The summed E-state index contributed by atoms with van der Waals surface area (Å²) in [5.41, 5.74) is 0. The third kappa shape index (κ3) is 1.26. The zero-order valence-corrected chi connectivity index (χ0v) is 7.98. The van der Waals surface area contributed by atoms with E-state index in [1.54, 1.807) is 6.33 Å². The van der Waals surface area contributed by atoms with Crippen LogP contribution in [-0.2, 0) is 6.54 Å². The van der Waals surface area contributed by atoms with Crippen molar-refractivity contribution in [2.45, 2.75) is 25.4 Å². The van der Waals surface area contributed by atoms with Crippen molar-refractivity contribution >= 4 is 0 Å². The number of aromatic nitrogens is 3. The van der Waals surface area contributed by atoms with Gasteiger partial charge in [-0.15, -0.1) is 0 Å². The van der Waals surface area contributed by atoms with E-state index in [4.69, 9.17) is 0 Å². The lowest BCUT2D eigenvalue weighted by molar-refractivity contribution is 0.161. The highest BCUT2D eigenvalue weighted by Gasteiger charge is 2.40. The first-order valence-corrected chi connectivity index (χ1v) is 5.18. The topological polar surface area (TPSA) is 53.6 Å². The Hall–Kier alpha value is -1.16. The molecule has 1 saturated carbocycles. The molecule has 0 spiro atoms. The van der Waals surface area contributed by atoms with Gasteiger partial charge in [-0.1, -0.05) is 12.2 Å². The van der Waals surface area contributed by atoms with Gasteiger partial charge in [-0.25, -0.2) is 4.98 Å². The SMILES string of the molecule is C1=CC2C(C1)CC2NCc1ncn[nH]1. The van der Waals surface area contributed by atoms with Gasteiger partial charge < -0.3 is 5.32 Å². The number of allylic oxidation sites excluding steroid dienone is 1. The van der Waals surface area contributed by atoms with Gasteiger partial charge in [0.05, 0.1) is 6.54 Å². The van der Waals surface area contributed by atoms with Crippen LogP contribution >= 0.6 is 0 Å². The van der Waals surface area contributed by atoms with E-state index >= 15 is 0 Å². The first-order valence-electron chi connectivity index (χ1n) is 5.18. The minimum absolute atomic E-state index is 0.656. The smallest absolute Gasteiger partial charge is 0.138 e. The Kier molecular flexibility index (Phi) is 1.87. The molecule has 1 aromatic heterocycles. The Bertz CT molecular complexity index is 330. The third-order valence-corrected chi connectivity index (χ3v) is 3.36. The minimum Gasteiger partial charge on any atom is -0.306 e. The number of nitrogens with zero attached hydrogens (tertiary/aromatic N) is 2. The summed E-state index contributed by atoms with van der Waals surface area (Å²) in [6, 6.07) is 0.656. The van der Waals surface area contributed by atoms with E-state index in [0.29, 0.717) is 6.04 Å². The van der Waals surface area contributed by atoms with Gasteiger partial charge in [0.15, 0.2) is 0 Å². The van der Waals surface area contributed by atoms with Gasteiger partial charge in [0.2, 0.25) is 0 Å². The van der Waals surface area contributed by atoms with Crippen molar-refractivity contribution in [1.82, 2.24) is 20.5 Å². The van der Waals surface area contributed by atoms with E-state index < -0.39 is 0 Å². The lowest BCUT2D eigenvalue weighted by atomic mass is 9.71. The molecule has 74 valence electrons. The summed E-state index contributed by atoms with van der Waals surface area (Å²) in [4.78, 5) is 4.08. The number of aromatic amines is 1. The fourth-order valence-corrected chi connectivity index (χ4v) is 2.49. The van der Waals surface area contributed by atoms with Gasteiger partial charge in [-0.3, -0.25) is 5.10 Å². The Labute approximate surface area is 82.8 Å². The molecular formula is C10H14N4. The van der Waals surface area contributed by atoms with Crippen LogP contribution in [0.2, 0.25) is 0 Å². The minimum atomic E-state index is 0.656. The predicted molar refractivity (Wildman–Crippen MR) is 52.4 cm³/mol. The molecule has 0 radical (unpaired) electrons. The quantitative estimate of drug-likeness (QED) is 0.695.